The van der Waals surface area contributed by atoms with Crippen molar-refractivity contribution in [3.05, 3.63) is 142 Å². The van der Waals surface area contributed by atoms with Gasteiger partial charge in [-0.05, 0) is 74.2 Å². The Morgan fingerprint density at radius 3 is 1.01 bits per heavy atom. The molecule has 9 rings (SSSR count). The lowest BCUT2D eigenvalue weighted by Crippen LogP contribution is -2.62. The zero-order valence-electron chi connectivity index (χ0n) is 38.7. The van der Waals surface area contributed by atoms with Crippen LogP contribution in [0, 0.1) is 0 Å². The summed E-state index contributed by atoms with van der Waals surface area (Å²) in [5.74, 6) is -4.16. The molecule has 71 heavy (non-hydrogen) atoms. The molecule has 5 atom stereocenters. The lowest BCUT2D eigenvalue weighted by atomic mass is 9.98. The van der Waals surface area contributed by atoms with Crippen molar-refractivity contribution in [2.24, 2.45) is 0 Å². The van der Waals surface area contributed by atoms with Crippen molar-refractivity contribution in [1.82, 2.24) is 19.6 Å². The quantitative estimate of drug-likeness (QED) is 0.0612. The SMILES string of the molecule is CC(=O)O[C@H]1O[C@H](COCCCN2C(=O)c3ccccc3C2=O)[C@@H](OCCCN2C(=O)c3ccccc3C2=O)[C@H](OCCCN2C(=O)c3ccccc3C2=O)[C@H]1OCCCN1C(=O)c2ccccc2C1=O. The molecule has 19 nitrogen and oxygen atoms in total. The summed E-state index contributed by atoms with van der Waals surface area (Å²) in [6.07, 6.45) is -5.05. The summed E-state index contributed by atoms with van der Waals surface area (Å²) >= 11 is 0. The maximum Gasteiger partial charge on any atom is 0.305 e. The van der Waals surface area contributed by atoms with Crippen LogP contribution in [-0.4, -0.2) is 163 Å². The maximum atomic E-state index is 13.2. The number of benzene rings is 4. The lowest BCUT2D eigenvalue weighted by molar-refractivity contribution is -0.315. The van der Waals surface area contributed by atoms with E-state index >= 15 is 0 Å². The number of carbonyl (C=O) groups is 9. The summed E-state index contributed by atoms with van der Waals surface area (Å²) < 4.78 is 37.8. The molecule has 4 aromatic carbocycles. The van der Waals surface area contributed by atoms with E-state index in [1.165, 1.54) is 6.92 Å². The van der Waals surface area contributed by atoms with Crippen LogP contribution in [-0.2, 0) is 33.2 Å². The summed E-state index contributed by atoms with van der Waals surface area (Å²) in [6, 6.07) is 26.1. The molecule has 0 unspecified atom stereocenters. The molecule has 0 aromatic heterocycles. The van der Waals surface area contributed by atoms with E-state index in [0.717, 1.165) is 19.6 Å². The second kappa shape index (κ2) is 21.4. The van der Waals surface area contributed by atoms with Gasteiger partial charge in [0.1, 0.15) is 24.4 Å². The summed E-state index contributed by atoms with van der Waals surface area (Å²) in [4.78, 5) is 122. The number of esters is 1. The highest BCUT2D eigenvalue weighted by Crippen LogP contribution is 2.32. The van der Waals surface area contributed by atoms with E-state index in [-0.39, 0.29) is 84.9 Å². The first-order chi connectivity index (χ1) is 34.4. The van der Waals surface area contributed by atoms with E-state index in [1.807, 2.05) is 0 Å². The van der Waals surface area contributed by atoms with Crippen LogP contribution in [0.3, 0.4) is 0 Å². The number of ether oxygens (including phenoxy) is 6. The fourth-order valence-corrected chi connectivity index (χ4v) is 9.46. The lowest BCUT2D eigenvalue weighted by Gasteiger charge is -2.45. The Labute approximate surface area is 407 Å². The highest BCUT2D eigenvalue weighted by Gasteiger charge is 2.50. The second-order valence-corrected chi connectivity index (χ2v) is 17.4. The zero-order valence-corrected chi connectivity index (χ0v) is 38.7. The first-order valence-electron chi connectivity index (χ1n) is 23.5. The number of imide groups is 4. The van der Waals surface area contributed by atoms with Gasteiger partial charge in [-0.1, -0.05) is 48.5 Å². The molecule has 1 fully saturated rings. The van der Waals surface area contributed by atoms with Gasteiger partial charge in [0.15, 0.2) is 0 Å². The Morgan fingerprint density at radius 1 is 0.423 bits per heavy atom. The molecule has 0 radical (unpaired) electrons. The van der Waals surface area contributed by atoms with Crippen LogP contribution in [0.2, 0.25) is 0 Å². The van der Waals surface area contributed by atoms with Crippen molar-refractivity contribution in [1.29, 1.82) is 0 Å². The van der Waals surface area contributed by atoms with Gasteiger partial charge in [0, 0.05) is 59.5 Å². The van der Waals surface area contributed by atoms with Gasteiger partial charge in [-0.2, -0.15) is 0 Å². The Morgan fingerprint density at radius 2 is 0.704 bits per heavy atom. The summed E-state index contributed by atoms with van der Waals surface area (Å²) in [5.41, 5.74) is 2.42. The summed E-state index contributed by atoms with van der Waals surface area (Å²) in [7, 11) is 0. The van der Waals surface area contributed by atoms with Crippen LogP contribution in [0.1, 0.15) is 115 Å². The molecule has 4 aromatic rings. The van der Waals surface area contributed by atoms with Crippen molar-refractivity contribution in [3.63, 3.8) is 0 Å². The van der Waals surface area contributed by atoms with Gasteiger partial charge in [-0.15, -0.1) is 0 Å². The minimum absolute atomic E-state index is 0.000193. The van der Waals surface area contributed by atoms with Gasteiger partial charge in [-0.3, -0.25) is 62.8 Å². The zero-order chi connectivity index (χ0) is 49.8. The van der Waals surface area contributed by atoms with Gasteiger partial charge in [0.25, 0.3) is 47.3 Å². The average molecular weight is 971 g/mol. The summed E-state index contributed by atoms with van der Waals surface area (Å²) in [5, 5.41) is 0. The number of carbonyl (C=O) groups excluding carboxylic acids is 9. The molecule has 5 aliphatic rings. The van der Waals surface area contributed by atoms with Gasteiger partial charge >= 0.3 is 5.97 Å². The number of amides is 8. The standard InChI is InChI=1S/C52H50N4O15/c1-31(57)70-52-43(69-29-13-25-56-50(64)38-20-8-9-21-39(38)51(56)65)42(68-28-12-24-55-48(62)36-18-6-7-19-37(36)49(55)63)41(67-27-11-23-54-46(60)34-16-4-5-17-35(34)47(54)61)40(71-52)30-66-26-10-22-53-44(58)32-14-2-3-15-33(32)45(53)59/h2-9,14-21,40-43,52H,10-13,22-30H2,1H3/t40-,41-,42+,43-,52+/m1/s1. The molecule has 8 amide bonds. The predicted molar refractivity (Wildman–Crippen MR) is 246 cm³/mol. The Bertz CT molecular complexity index is 2660. The molecule has 0 bridgehead atoms. The molecule has 0 aliphatic carbocycles. The Kier molecular flexibility index (Phi) is 14.7. The number of nitrogens with zero attached hydrogens (tertiary/aromatic N) is 4. The fourth-order valence-electron chi connectivity index (χ4n) is 9.46. The highest BCUT2D eigenvalue weighted by atomic mass is 16.7. The highest BCUT2D eigenvalue weighted by molar-refractivity contribution is 6.23. The van der Waals surface area contributed by atoms with Crippen molar-refractivity contribution in [3.8, 4) is 0 Å². The Balaban J connectivity index is 0.918. The Hall–Kier alpha value is -7.29. The normalized spacial score (nSPS) is 21.4. The van der Waals surface area contributed by atoms with E-state index in [9.17, 15) is 43.2 Å². The van der Waals surface area contributed by atoms with E-state index in [2.05, 4.69) is 0 Å². The van der Waals surface area contributed by atoms with E-state index in [0.29, 0.717) is 44.5 Å². The molecule has 0 spiro atoms. The van der Waals surface area contributed by atoms with E-state index in [1.54, 1.807) is 97.1 Å². The third-order valence-electron chi connectivity index (χ3n) is 12.8. The molecule has 5 aliphatic heterocycles. The molecule has 5 heterocycles. The molecule has 368 valence electrons. The van der Waals surface area contributed by atoms with Crippen LogP contribution in [0.25, 0.3) is 0 Å². The first-order valence-corrected chi connectivity index (χ1v) is 23.5. The van der Waals surface area contributed by atoms with Crippen LogP contribution in [0.4, 0.5) is 0 Å². The molecular weight excluding hydrogens is 921 g/mol. The average Bonchev–Trinajstić information content (AvgIpc) is 3.97. The minimum Gasteiger partial charge on any atom is -0.433 e. The van der Waals surface area contributed by atoms with Gasteiger partial charge in [-0.25, -0.2) is 0 Å². The molecule has 0 N–H and O–H groups in total. The predicted octanol–water partition coefficient (Wildman–Crippen LogP) is 4.19. The smallest absolute Gasteiger partial charge is 0.305 e. The van der Waals surface area contributed by atoms with E-state index < -0.39 is 83.9 Å². The minimum atomic E-state index is -1.42. The number of fused-ring (bicyclic) bond motifs is 4. The number of hydrogen-bond donors (Lipinski definition) is 0. The molecule has 19 heteroatoms. The molecule has 0 saturated carbocycles. The number of hydrogen-bond acceptors (Lipinski definition) is 15. The third-order valence-corrected chi connectivity index (χ3v) is 12.8. The summed E-state index contributed by atoms with van der Waals surface area (Å²) in [6.45, 7) is 0.955. The largest absolute Gasteiger partial charge is 0.433 e. The maximum absolute atomic E-state index is 13.2. The number of rotatable bonds is 22. The van der Waals surface area contributed by atoms with Crippen molar-refractivity contribution in [2.45, 2.75) is 63.3 Å². The van der Waals surface area contributed by atoms with Gasteiger partial charge < -0.3 is 28.4 Å². The molecule has 1 saturated heterocycles. The topological polar surface area (TPSA) is 222 Å². The van der Waals surface area contributed by atoms with Gasteiger partial charge in [0.2, 0.25) is 6.29 Å². The van der Waals surface area contributed by atoms with Crippen molar-refractivity contribution < 1.29 is 71.6 Å². The van der Waals surface area contributed by atoms with Crippen molar-refractivity contribution >= 4 is 53.2 Å². The fraction of sp³-hybridized carbons (Fsp3) is 0.365. The van der Waals surface area contributed by atoms with Crippen LogP contribution >= 0.6 is 0 Å². The van der Waals surface area contributed by atoms with Crippen molar-refractivity contribution in [2.75, 3.05) is 59.2 Å². The third kappa shape index (κ3) is 9.78. The van der Waals surface area contributed by atoms with Crippen LogP contribution < -0.4 is 0 Å². The van der Waals surface area contributed by atoms with Gasteiger partial charge in [0.05, 0.1) is 51.1 Å². The molecular formula is C52H50N4O15. The first kappa shape index (κ1) is 48.7. The van der Waals surface area contributed by atoms with Crippen LogP contribution in [0.5, 0.6) is 0 Å². The van der Waals surface area contributed by atoms with E-state index in [4.69, 9.17) is 28.4 Å². The second-order valence-electron chi connectivity index (χ2n) is 17.4. The monoisotopic (exact) mass is 970 g/mol. The van der Waals surface area contributed by atoms with Crippen LogP contribution in [0.15, 0.2) is 97.1 Å².